The molecule has 3 heteroatoms. The molecule has 0 aliphatic heterocycles. The van der Waals surface area contributed by atoms with E-state index < -0.39 is 0 Å². The minimum Gasteiger partial charge on any atom is -0.147 e. The predicted octanol–water partition coefficient (Wildman–Crippen LogP) is 4.21. The Kier molecular flexibility index (Phi) is 4.41. The third-order valence-electron chi connectivity index (χ3n) is 1.96. The van der Waals surface area contributed by atoms with Gasteiger partial charge in [0, 0.05) is 10.8 Å². The molecule has 1 aromatic rings. The van der Waals surface area contributed by atoms with Crippen molar-refractivity contribution < 1.29 is 0 Å². The number of alkyl halides is 1. The Balaban J connectivity index is 2.56. The van der Waals surface area contributed by atoms with Crippen LogP contribution in [0.3, 0.4) is 0 Å². The molecule has 0 amide bonds. The van der Waals surface area contributed by atoms with Crippen LogP contribution in [0.4, 0.5) is 0 Å². The van der Waals surface area contributed by atoms with Crippen LogP contribution in [0.2, 0.25) is 5.02 Å². The fraction of sp³-hybridized carbons (Fsp3) is 0.556. The minimum atomic E-state index is 0.572. The molecule has 68 valence electrons. The van der Waals surface area contributed by atoms with Gasteiger partial charge in [-0.05, 0) is 23.8 Å². The van der Waals surface area contributed by atoms with Gasteiger partial charge in [-0.2, -0.15) is 0 Å². The standard InChI is InChI=1S/C9H12Cl2S/c1-2-7(6-10)5-9-8(11)3-4-12-9/h3-4,7H,2,5-6H2,1H3. The molecule has 0 saturated heterocycles. The molecule has 0 aromatic carbocycles. The van der Waals surface area contributed by atoms with Gasteiger partial charge in [-0.25, -0.2) is 0 Å². The monoisotopic (exact) mass is 222 g/mol. The maximum absolute atomic E-state index is 5.97. The van der Waals surface area contributed by atoms with E-state index in [1.165, 1.54) is 4.88 Å². The zero-order valence-electron chi connectivity index (χ0n) is 7.02. The molecule has 0 N–H and O–H groups in total. The lowest BCUT2D eigenvalue weighted by Gasteiger charge is -2.08. The van der Waals surface area contributed by atoms with Crippen molar-refractivity contribution in [1.29, 1.82) is 0 Å². The lowest BCUT2D eigenvalue weighted by Crippen LogP contribution is -2.03. The van der Waals surface area contributed by atoms with Gasteiger partial charge in [0.05, 0.1) is 5.02 Å². The number of rotatable bonds is 4. The van der Waals surface area contributed by atoms with Gasteiger partial charge in [-0.3, -0.25) is 0 Å². The molecular formula is C9H12Cl2S. The first kappa shape index (κ1) is 10.4. The van der Waals surface area contributed by atoms with Gasteiger partial charge in [-0.1, -0.05) is 24.9 Å². The lowest BCUT2D eigenvalue weighted by molar-refractivity contribution is 0.571. The highest BCUT2D eigenvalue weighted by Crippen LogP contribution is 2.26. The van der Waals surface area contributed by atoms with Crippen LogP contribution in [-0.2, 0) is 6.42 Å². The molecule has 1 heterocycles. The van der Waals surface area contributed by atoms with E-state index in [4.69, 9.17) is 23.2 Å². The quantitative estimate of drug-likeness (QED) is 0.671. The first-order valence-electron chi connectivity index (χ1n) is 4.05. The highest BCUT2D eigenvalue weighted by molar-refractivity contribution is 7.10. The van der Waals surface area contributed by atoms with Crippen molar-refractivity contribution in [2.75, 3.05) is 5.88 Å². The highest BCUT2D eigenvalue weighted by Gasteiger charge is 2.09. The van der Waals surface area contributed by atoms with Crippen molar-refractivity contribution in [2.45, 2.75) is 19.8 Å². The summed E-state index contributed by atoms with van der Waals surface area (Å²) in [4.78, 5) is 1.27. The molecule has 0 radical (unpaired) electrons. The Morgan fingerprint density at radius 2 is 2.33 bits per heavy atom. The largest absolute Gasteiger partial charge is 0.147 e. The van der Waals surface area contributed by atoms with Gasteiger partial charge in [0.25, 0.3) is 0 Å². The maximum atomic E-state index is 5.97. The van der Waals surface area contributed by atoms with Crippen molar-refractivity contribution in [3.63, 3.8) is 0 Å². The van der Waals surface area contributed by atoms with Crippen LogP contribution < -0.4 is 0 Å². The van der Waals surface area contributed by atoms with E-state index in [-0.39, 0.29) is 0 Å². The summed E-state index contributed by atoms with van der Waals surface area (Å²) >= 11 is 13.5. The Labute approximate surface area is 87.5 Å². The molecule has 1 aromatic heterocycles. The SMILES string of the molecule is CCC(CCl)Cc1sccc1Cl. The van der Waals surface area contributed by atoms with Crippen molar-refractivity contribution in [2.24, 2.45) is 5.92 Å². The molecule has 0 nitrogen and oxygen atoms in total. The zero-order valence-corrected chi connectivity index (χ0v) is 9.35. The number of thiophene rings is 1. The summed E-state index contributed by atoms with van der Waals surface area (Å²) < 4.78 is 0. The molecular weight excluding hydrogens is 211 g/mol. The van der Waals surface area contributed by atoms with Crippen LogP contribution in [-0.4, -0.2) is 5.88 Å². The number of hydrogen-bond donors (Lipinski definition) is 0. The van der Waals surface area contributed by atoms with Crippen LogP contribution >= 0.6 is 34.5 Å². The van der Waals surface area contributed by atoms with Gasteiger partial charge in [0.15, 0.2) is 0 Å². The lowest BCUT2D eigenvalue weighted by atomic mass is 10.0. The van der Waals surface area contributed by atoms with E-state index in [1.54, 1.807) is 11.3 Å². The fourth-order valence-electron chi connectivity index (χ4n) is 1.04. The second kappa shape index (κ2) is 5.11. The van der Waals surface area contributed by atoms with E-state index in [0.717, 1.165) is 23.7 Å². The second-order valence-electron chi connectivity index (χ2n) is 2.82. The topological polar surface area (TPSA) is 0 Å². The van der Waals surface area contributed by atoms with Crippen LogP contribution in [0.5, 0.6) is 0 Å². The fourth-order valence-corrected chi connectivity index (χ4v) is 2.60. The van der Waals surface area contributed by atoms with Crippen molar-refractivity contribution in [1.82, 2.24) is 0 Å². The Morgan fingerprint density at radius 3 is 2.75 bits per heavy atom. The van der Waals surface area contributed by atoms with Gasteiger partial charge >= 0.3 is 0 Å². The van der Waals surface area contributed by atoms with Crippen molar-refractivity contribution in [3.05, 3.63) is 21.3 Å². The highest BCUT2D eigenvalue weighted by atomic mass is 35.5. The molecule has 0 spiro atoms. The molecule has 0 saturated carbocycles. The normalized spacial score (nSPS) is 13.2. The van der Waals surface area contributed by atoms with Gasteiger partial charge in [-0.15, -0.1) is 22.9 Å². The summed E-state index contributed by atoms with van der Waals surface area (Å²) in [6.07, 6.45) is 2.15. The average molecular weight is 223 g/mol. The molecule has 0 fully saturated rings. The Morgan fingerprint density at radius 1 is 1.58 bits per heavy atom. The molecule has 0 bridgehead atoms. The first-order valence-corrected chi connectivity index (χ1v) is 5.85. The van der Waals surface area contributed by atoms with Crippen LogP contribution in [0.15, 0.2) is 11.4 Å². The Hall–Kier alpha value is 0.280. The molecule has 1 rings (SSSR count). The second-order valence-corrected chi connectivity index (χ2v) is 4.54. The number of hydrogen-bond acceptors (Lipinski definition) is 1. The summed E-state index contributed by atoms with van der Waals surface area (Å²) in [5.74, 6) is 1.30. The summed E-state index contributed by atoms with van der Waals surface area (Å²) in [6.45, 7) is 2.16. The van der Waals surface area contributed by atoms with E-state index >= 15 is 0 Å². The van der Waals surface area contributed by atoms with Gasteiger partial charge < -0.3 is 0 Å². The zero-order chi connectivity index (χ0) is 8.97. The number of halogens is 2. The summed E-state index contributed by atoms with van der Waals surface area (Å²) in [5.41, 5.74) is 0. The Bertz CT molecular complexity index is 228. The van der Waals surface area contributed by atoms with Crippen LogP contribution in [0.1, 0.15) is 18.2 Å². The summed E-state index contributed by atoms with van der Waals surface area (Å²) in [7, 11) is 0. The van der Waals surface area contributed by atoms with Crippen LogP contribution in [0, 0.1) is 5.92 Å². The molecule has 0 aliphatic rings. The molecule has 0 aliphatic carbocycles. The smallest absolute Gasteiger partial charge is 0.0545 e. The van der Waals surface area contributed by atoms with Gasteiger partial charge in [0.1, 0.15) is 0 Å². The van der Waals surface area contributed by atoms with Crippen molar-refractivity contribution >= 4 is 34.5 Å². The average Bonchev–Trinajstić information content (AvgIpc) is 2.47. The van der Waals surface area contributed by atoms with Crippen LogP contribution in [0.25, 0.3) is 0 Å². The first-order chi connectivity index (χ1) is 5.77. The summed E-state index contributed by atoms with van der Waals surface area (Å²) in [6, 6.07) is 1.95. The summed E-state index contributed by atoms with van der Waals surface area (Å²) in [5, 5.41) is 2.92. The molecule has 1 atom stereocenters. The van der Waals surface area contributed by atoms with E-state index in [0.29, 0.717) is 5.92 Å². The van der Waals surface area contributed by atoms with Gasteiger partial charge in [0.2, 0.25) is 0 Å². The third-order valence-corrected chi connectivity index (χ3v) is 3.81. The van der Waals surface area contributed by atoms with E-state index in [2.05, 4.69) is 6.92 Å². The van der Waals surface area contributed by atoms with E-state index in [9.17, 15) is 0 Å². The molecule has 1 unspecified atom stereocenters. The minimum absolute atomic E-state index is 0.572. The predicted molar refractivity (Wildman–Crippen MR) is 57.5 cm³/mol. The van der Waals surface area contributed by atoms with Crippen molar-refractivity contribution in [3.8, 4) is 0 Å². The third kappa shape index (κ3) is 2.65. The molecule has 12 heavy (non-hydrogen) atoms. The van der Waals surface area contributed by atoms with E-state index in [1.807, 2.05) is 11.4 Å². The maximum Gasteiger partial charge on any atom is 0.0545 e.